The zero-order valence-corrected chi connectivity index (χ0v) is 21.2. The highest BCUT2D eigenvalue weighted by Gasteiger charge is 2.28. The summed E-state index contributed by atoms with van der Waals surface area (Å²) in [5.41, 5.74) is 1.25. The number of hydrogen-bond acceptors (Lipinski definition) is 5. The van der Waals surface area contributed by atoms with E-state index in [0.29, 0.717) is 6.54 Å². The van der Waals surface area contributed by atoms with Crippen LogP contribution in [0.5, 0.6) is 5.75 Å². The maximum atomic E-state index is 13.4. The molecule has 7 heteroatoms. The molecule has 1 aliphatic carbocycles. The van der Waals surface area contributed by atoms with E-state index in [2.05, 4.69) is 42.8 Å². The molecular formula is C26H35BrN4O2. The van der Waals surface area contributed by atoms with E-state index in [4.69, 9.17) is 4.74 Å². The Morgan fingerprint density at radius 3 is 2.55 bits per heavy atom. The van der Waals surface area contributed by atoms with E-state index in [-0.39, 0.29) is 11.8 Å². The van der Waals surface area contributed by atoms with E-state index in [1.165, 1.54) is 12.0 Å². The molecule has 0 bridgehead atoms. The summed E-state index contributed by atoms with van der Waals surface area (Å²) in [5, 5.41) is 0. The van der Waals surface area contributed by atoms with E-state index < -0.39 is 0 Å². The van der Waals surface area contributed by atoms with Crippen molar-refractivity contribution in [2.24, 2.45) is 5.92 Å². The number of hydrogen-bond donors (Lipinski definition) is 0. The van der Waals surface area contributed by atoms with Crippen molar-refractivity contribution in [1.29, 1.82) is 0 Å². The van der Waals surface area contributed by atoms with Crippen LogP contribution in [0, 0.1) is 5.92 Å². The van der Waals surface area contributed by atoms with Crippen molar-refractivity contribution in [3.63, 3.8) is 0 Å². The van der Waals surface area contributed by atoms with Gasteiger partial charge in [0.05, 0.1) is 7.11 Å². The zero-order valence-electron chi connectivity index (χ0n) is 19.6. The predicted octanol–water partition coefficient (Wildman–Crippen LogP) is 4.58. The fraction of sp³-hybridized carbons (Fsp3) is 0.538. The molecule has 2 heterocycles. The number of rotatable bonds is 8. The van der Waals surface area contributed by atoms with Gasteiger partial charge in [0.1, 0.15) is 11.6 Å². The van der Waals surface area contributed by atoms with Crippen LogP contribution in [-0.2, 0) is 11.3 Å². The first-order chi connectivity index (χ1) is 16.1. The van der Waals surface area contributed by atoms with Gasteiger partial charge in [-0.2, -0.15) is 0 Å². The maximum Gasteiger partial charge on any atom is 0.231 e. The number of nitrogens with zero attached hydrogens (tertiary/aromatic N) is 4. The zero-order chi connectivity index (χ0) is 23.0. The molecule has 0 spiro atoms. The summed E-state index contributed by atoms with van der Waals surface area (Å²) >= 11 is 3.67. The molecule has 0 unspecified atom stereocenters. The number of ether oxygens (including phenoxy) is 1. The van der Waals surface area contributed by atoms with Crippen molar-refractivity contribution >= 4 is 27.7 Å². The smallest absolute Gasteiger partial charge is 0.231 e. The summed E-state index contributed by atoms with van der Waals surface area (Å²) in [4.78, 5) is 24.8. The van der Waals surface area contributed by atoms with Gasteiger partial charge >= 0.3 is 0 Å². The number of anilines is 1. The molecule has 1 saturated carbocycles. The molecule has 1 aromatic heterocycles. The molecule has 0 atom stereocenters. The van der Waals surface area contributed by atoms with Crippen LogP contribution >= 0.6 is 15.9 Å². The van der Waals surface area contributed by atoms with Crippen molar-refractivity contribution < 1.29 is 9.53 Å². The van der Waals surface area contributed by atoms with Crippen LogP contribution in [0.25, 0.3) is 0 Å². The number of piperazine rings is 1. The van der Waals surface area contributed by atoms with Crippen molar-refractivity contribution in [1.82, 2.24) is 14.8 Å². The van der Waals surface area contributed by atoms with Crippen molar-refractivity contribution in [2.75, 3.05) is 51.3 Å². The second-order valence-corrected chi connectivity index (χ2v) is 9.94. The van der Waals surface area contributed by atoms with Gasteiger partial charge < -0.3 is 4.74 Å². The Balaban J connectivity index is 1.31. The molecule has 1 aliphatic heterocycles. The Bertz CT molecular complexity index is 896. The number of pyridine rings is 1. The van der Waals surface area contributed by atoms with Crippen LogP contribution in [-0.4, -0.2) is 67.1 Å². The van der Waals surface area contributed by atoms with Crippen LogP contribution in [0.2, 0.25) is 0 Å². The highest BCUT2D eigenvalue weighted by Crippen LogP contribution is 2.27. The van der Waals surface area contributed by atoms with Gasteiger partial charge in [-0.1, -0.05) is 41.3 Å². The van der Waals surface area contributed by atoms with Crippen LogP contribution in [0.4, 0.5) is 5.82 Å². The van der Waals surface area contributed by atoms with Gasteiger partial charge in [0.15, 0.2) is 0 Å². The lowest BCUT2D eigenvalue weighted by Crippen LogP contribution is -2.49. The lowest BCUT2D eigenvalue weighted by Gasteiger charge is -2.36. The van der Waals surface area contributed by atoms with E-state index in [9.17, 15) is 4.79 Å². The summed E-state index contributed by atoms with van der Waals surface area (Å²) in [5.74, 6) is 2.09. The molecule has 1 aromatic carbocycles. The van der Waals surface area contributed by atoms with Crippen molar-refractivity contribution in [3.8, 4) is 5.75 Å². The molecule has 0 N–H and O–H groups in total. The summed E-state index contributed by atoms with van der Waals surface area (Å²) in [6.07, 6.45) is 7.40. The minimum absolute atomic E-state index is 0.152. The average molecular weight is 515 g/mol. The number of halogens is 1. The fourth-order valence-corrected chi connectivity index (χ4v) is 5.25. The van der Waals surface area contributed by atoms with Crippen LogP contribution in [0.15, 0.2) is 47.1 Å². The molecule has 4 rings (SSSR count). The van der Waals surface area contributed by atoms with Crippen LogP contribution in [0.3, 0.4) is 0 Å². The molecule has 2 aliphatic rings. The van der Waals surface area contributed by atoms with E-state index >= 15 is 0 Å². The molecule has 178 valence electrons. The Morgan fingerprint density at radius 2 is 1.85 bits per heavy atom. The number of carbonyl (C=O) groups is 1. The molecule has 2 aromatic rings. The monoisotopic (exact) mass is 514 g/mol. The SMILES string of the molecule is COc1ccc(Br)c(CN2CCN(CCN(C(=O)C3CCCCC3)c3ccccn3)CC2)c1. The second kappa shape index (κ2) is 12.0. The molecule has 1 saturated heterocycles. The average Bonchev–Trinajstić information content (AvgIpc) is 2.87. The topological polar surface area (TPSA) is 48.9 Å². The molecule has 0 radical (unpaired) electrons. The molecule has 6 nitrogen and oxygen atoms in total. The normalized spacial score (nSPS) is 18.2. The van der Waals surface area contributed by atoms with Gasteiger partial charge in [-0.05, 0) is 48.7 Å². The lowest BCUT2D eigenvalue weighted by molar-refractivity contribution is -0.123. The van der Waals surface area contributed by atoms with Gasteiger partial charge in [-0.3, -0.25) is 19.5 Å². The number of benzene rings is 1. The molecular weight excluding hydrogens is 480 g/mol. The summed E-state index contributed by atoms with van der Waals surface area (Å²) < 4.78 is 6.51. The van der Waals surface area contributed by atoms with E-state index in [0.717, 1.165) is 81.0 Å². The van der Waals surface area contributed by atoms with Gasteiger partial charge in [-0.25, -0.2) is 4.98 Å². The van der Waals surface area contributed by atoms with Crippen LogP contribution < -0.4 is 9.64 Å². The lowest BCUT2D eigenvalue weighted by atomic mass is 9.88. The minimum atomic E-state index is 0.152. The number of methoxy groups -OCH3 is 1. The van der Waals surface area contributed by atoms with E-state index in [1.54, 1.807) is 13.3 Å². The molecule has 33 heavy (non-hydrogen) atoms. The fourth-order valence-electron chi connectivity index (χ4n) is 4.87. The predicted molar refractivity (Wildman–Crippen MR) is 136 cm³/mol. The highest BCUT2D eigenvalue weighted by atomic mass is 79.9. The standard InChI is InChI=1S/C26H35BrN4O2/c1-33-23-10-11-24(27)22(19-23)20-30-15-13-29(14-16-30)17-18-31(25-9-5-6-12-28-25)26(32)21-7-3-2-4-8-21/h5-6,9-12,19,21H,2-4,7-8,13-18,20H2,1H3. The summed E-state index contributed by atoms with van der Waals surface area (Å²) in [6.45, 7) is 6.55. The first-order valence-electron chi connectivity index (χ1n) is 12.1. The van der Waals surface area contributed by atoms with E-state index in [1.807, 2.05) is 29.2 Å². The molecule has 1 amide bonds. The first-order valence-corrected chi connectivity index (χ1v) is 12.9. The first kappa shape index (κ1) is 24.2. The molecule has 2 fully saturated rings. The van der Waals surface area contributed by atoms with Gasteiger partial charge in [0, 0.05) is 62.4 Å². The maximum absolute atomic E-state index is 13.4. The summed E-state index contributed by atoms with van der Waals surface area (Å²) in [6, 6.07) is 12.0. The van der Waals surface area contributed by atoms with Gasteiger partial charge in [0.2, 0.25) is 5.91 Å². The Hall–Kier alpha value is -1.96. The third-order valence-electron chi connectivity index (χ3n) is 6.90. The number of aromatic nitrogens is 1. The summed E-state index contributed by atoms with van der Waals surface area (Å²) in [7, 11) is 1.71. The van der Waals surface area contributed by atoms with Gasteiger partial charge in [-0.15, -0.1) is 0 Å². The van der Waals surface area contributed by atoms with Crippen molar-refractivity contribution in [2.45, 2.75) is 38.6 Å². The quantitative estimate of drug-likeness (QED) is 0.515. The Kier molecular flexibility index (Phi) is 8.75. The third-order valence-corrected chi connectivity index (χ3v) is 7.67. The second-order valence-electron chi connectivity index (χ2n) is 9.09. The number of carbonyl (C=O) groups excluding carboxylic acids is 1. The largest absolute Gasteiger partial charge is 0.497 e. The minimum Gasteiger partial charge on any atom is -0.497 e. The van der Waals surface area contributed by atoms with Crippen LogP contribution in [0.1, 0.15) is 37.7 Å². The third kappa shape index (κ3) is 6.55. The Morgan fingerprint density at radius 1 is 1.09 bits per heavy atom. The van der Waals surface area contributed by atoms with Gasteiger partial charge in [0.25, 0.3) is 0 Å². The Labute approximate surface area is 206 Å². The highest BCUT2D eigenvalue weighted by molar-refractivity contribution is 9.10. The van der Waals surface area contributed by atoms with Crippen molar-refractivity contribution in [3.05, 3.63) is 52.6 Å². The number of amides is 1.